The SMILES string of the molecule is c1cnc(N2CCC(Oc3cccc(-c4cccnc4)c3)CC2)nc1. The second kappa shape index (κ2) is 7.30. The lowest BCUT2D eigenvalue weighted by Crippen LogP contribution is -2.39. The predicted octanol–water partition coefficient (Wildman–Crippen LogP) is 3.59. The third-order valence-corrected chi connectivity index (χ3v) is 4.41. The van der Waals surface area contributed by atoms with Crippen molar-refractivity contribution in [3.63, 3.8) is 0 Å². The summed E-state index contributed by atoms with van der Waals surface area (Å²) in [6.45, 7) is 1.83. The molecule has 1 aliphatic rings. The van der Waals surface area contributed by atoms with E-state index in [0.29, 0.717) is 0 Å². The monoisotopic (exact) mass is 332 g/mol. The van der Waals surface area contributed by atoms with Gasteiger partial charge in [-0.05, 0) is 29.8 Å². The molecule has 1 aliphatic heterocycles. The number of hydrogen-bond donors (Lipinski definition) is 0. The van der Waals surface area contributed by atoms with Crippen molar-refractivity contribution in [2.24, 2.45) is 0 Å². The van der Waals surface area contributed by atoms with Gasteiger partial charge in [-0.25, -0.2) is 9.97 Å². The third-order valence-electron chi connectivity index (χ3n) is 4.41. The Morgan fingerprint density at radius 2 is 1.68 bits per heavy atom. The average Bonchev–Trinajstić information content (AvgIpc) is 2.70. The van der Waals surface area contributed by atoms with E-state index in [1.54, 1.807) is 18.6 Å². The number of rotatable bonds is 4. The lowest BCUT2D eigenvalue weighted by Gasteiger charge is -2.32. The maximum atomic E-state index is 6.21. The van der Waals surface area contributed by atoms with Gasteiger partial charge < -0.3 is 9.64 Å². The Kier molecular flexibility index (Phi) is 4.55. The van der Waals surface area contributed by atoms with Crippen LogP contribution in [0.3, 0.4) is 0 Å². The van der Waals surface area contributed by atoms with E-state index in [0.717, 1.165) is 48.8 Å². The van der Waals surface area contributed by atoms with Crippen molar-refractivity contribution in [1.82, 2.24) is 15.0 Å². The summed E-state index contributed by atoms with van der Waals surface area (Å²) in [7, 11) is 0. The molecule has 0 spiro atoms. The summed E-state index contributed by atoms with van der Waals surface area (Å²) in [6.07, 6.45) is 9.39. The molecular weight excluding hydrogens is 312 g/mol. The van der Waals surface area contributed by atoms with E-state index in [4.69, 9.17) is 4.74 Å². The number of benzene rings is 1. The fraction of sp³-hybridized carbons (Fsp3) is 0.250. The molecule has 0 atom stereocenters. The van der Waals surface area contributed by atoms with E-state index < -0.39 is 0 Å². The van der Waals surface area contributed by atoms with Crippen LogP contribution in [-0.4, -0.2) is 34.1 Å². The first-order valence-electron chi connectivity index (χ1n) is 8.57. The van der Waals surface area contributed by atoms with E-state index in [9.17, 15) is 0 Å². The van der Waals surface area contributed by atoms with Gasteiger partial charge in [0.15, 0.2) is 0 Å². The molecule has 25 heavy (non-hydrogen) atoms. The molecule has 126 valence electrons. The molecule has 0 unspecified atom stereocenters. The standard InChI is InChI=1S/C20H20N4O/c1-4-16(17-5-2-9-21-15-17)14-19(6-1)25-18-7-12-24(13-8-18)20-22-10-3-11-23-20/h1-6,9-11,14-15,18H,7-8,12-13H2. The summed E-state index contributed by atoms with van der Waals surface area (Å²) in [5.41, 5.74) is 2.23. The number of pyridine rings is 1. The number of anilines is 1. The summed E-state index contributed by atoms with van der Waals surface area (Å²) in [5.74, 6) is 1.72. The van der Waals surface area contributed by atoms with E-state index in [-0.39, 0.29) is 6.10 Å². The molecule has 1 aromatic carbocycles. The number of aromatic nitrogens is 3. The molecule has 5 heteroatoms. The Labute approximate surface area is 147 Å². The smallest absolute Gasteiger partial charge is 0.225 e. The highest BCUT2D eigenvalue weighted by atomic mass is 16.5. The van der Waals surface area contributed by atoms with Crippen LogP contribution in [0.15, 0.2) is 67.3 Å². The Morgan fingerprint density at radius 1 is 0.880 bits per heavy atom. The Morgan fingerprint density at radius 3 is 2.44 bits per heavy atom. The van der Waals surface area contributed by atoms with Crippen LogP contribution in [0.1, 0.15) is 12.8 Å². The largest absolute Gasteiger partial charge is 0.490 e. The minimum Gasteiger partial charge on any atom is -0.490 e. The van der Waals surface area contributed by atoms with Crippen LogP contribution in [0.5, 0.6) is 5.75 Å². The Hall–Kier alpha value is -2.95. The highest BCUT2D eigenvalue weighted by Crippen LogP contribution is 2.26. The summed E-state index contributed by atoms with van der Waals surface area (Å²) < 4.78 is 6.21. The van der Waals surface area contributed by atoms with Crippen molar-refractivity contribution in [3.8, 4) is 16.9 Å². The second-order valence-electron chi connectivity index (χ2n) is 6.12. The number of ether oxygens (including phenoxy) is 1. The molecule has 5 nitrogen and oxygen atoms in total. The van der Waals surface area contributed by atoms with Gasteiger partial charge in [-0.1, -0.05) is 18.2 Å². The second-order valence-corrected chi connectivity index (χ2v) is 6.12. The van der Waals surface area contributed by atoms with Crippen LogP contribution in [0.4, 0.5) is 5.95 Å². The number of piperidine rings is 1. The molecule has 3 heterocycles. The zero-order valence-corrected chi connectivity index (χ0v) is 14.0. The zero-order chi connectivity index (χ0) is 16.9. The highest BCUT2D eigenvalue weighted by Gasteiger charge is 2.22. The van der Waals surface area contributed by atoms with Crippen LogP contribution in [-0.2, 0) is 0 Å². The van der Waals surface area contributed by atoms with Gasteiger partial charge in [-0.15, -0.1) is 0 Å². The molecule has 0 saturated carbocycles. The van der Waals surface area contributed by atoms with E-state index in [1.807, 2.05) is 30.5 Å². The van der Waals surface area contributed by atoms with Crippen molar-refractivity contribution in [1.29, 1.82) is 0 Å². The van der Waals surface area contributed by atoms with Gasteiger partial charge in [0.2, 0.25) is 5.95 Å². The third kappa shape index (κ3) is 3.76. The van der Waals surface area contributed by atoms with Gasteiger partial charge in [0.05, 0.1) is 0 Å². The van der Waals surface area contributed by atoms with E-state index in [2.05, 4.69) is 38.1 Å². The van der Waals surface area contributed by atoms with Crippen LogP contribution >= 0.6 is 0 Å². The maximum absolute atomic E-state index is 6.21. The fourth-order valence-electron chi connectivity index (χ4n) is 3.10. The normalized spacial score (nSPS) is 15.1. The van der Waals surface area contributed by atoms with Crippen molar-refractivity contribution in [2.75, 3.05) is 18.0 Å². The summed E-state index contributed by atoms with van der Waals surface area (Å²) >= 11 is 0. The molecule has 1 saturated heterocycles. The first-order valence-corrected chi connectivity index (χ1v) is 8.57. The lowest BCUT2D eigenvalue weighted by molar-refractivity contribution is 0.170. The molecule has 3 aromatic rings. The fourth-order valence-corrected chi connectivity index (χ4v) is 3.10. The first kappa shape index (κ1) is 15.6. The van der Waals surface area contributed by atoms with Crippen LogP contribution in [0.25, 0.3) is 11.1 Å². The molecule has 0 bridgehead atoms. The lowest BCUT2D eigenvalue weighted by atomic mass is 10.1. The van der Waals surface area contributed by atoms with Gasteiger partial charge in [-0.3, -0.25) is 4.98 Å². The molecule has 2 aromatic heterocycles. The minimum atomic E-state index is 0.226. The molecule has 4 rings (SSSR count). The van der Waals surface area contributed by atoms with Gasteiger partial charge >= 0.3 is 0 Å². The average molecular weight is 332 g/mol. The van der Waals surface area contributed by atoms with Crippen molar-refractivity contribution >= 4 is 5.95 Å². The Bertz CT molecular complexity index is 802. The molecular formula is C20H20N4O. The van der Waals surface area contributed by atoms with Crippen molar-refractivity contribution in [2.45, 2.75) is 18.9 Å². The van der Waals surface area contributed by atoms with Crippen molar-refractivity contribution in [3.05, 3.63) is 67.3 Å². The van der Waals surface area contributed by atoms with E-state index in [1.165, 1.54) is 0 Å². The number of nitrogens with zero attached hydrogens (tertiary/aromatic N) is 4. The Balaban J connectivity index is 1.39. The topological polar surface area (TPSA) is 51.1 Å². The highest BCUT2D eigenvalue weighted by molar-refractivity contribution is 5.63. The number of hydrogen-bond acceptors (Lipinski definition) is 5. The summed E-state index contributed by atoms with van der Waals surface area (Å²) in [4.78, 5) is 15.0. The van der Waals surface area contributed by atoms with Crippen LogP contribution in [0.2, 0.25) is 0 Å². The maximum Gasteiger partial charge on any atom is 0.225 e. The predicted molar refractivity (Wildman–Crippen MR) is 97.6 cm³/mol. The van der Waals surface area contributed by atoms with Gasteiger partial charge in [-0.2, -0.15) is 0 Å². The van der Waals surface area contributed by atoms with Crippen LogP contribution in [0, 0.1) is 0 Å². The zero-order valence-electron chi connectivity index (χ0n) is 14.0. The molecule has 0 amide bonds. The summed E-state index contributed by atoms with van der Waals surface area (Å²) in [5, 5.41) is 0. The quantitative estimate of drug-likeness (QED) is 0.731. The summed E-state index contributed by atoms with van der Waals surface area (Å²) in [6, 6.07) is 14.1. The molecule has 0 aliphatic carbocycles. The molecule has 0 N–H and O–H groups in total. The molecule has 1 fully saturated rings. The van der Waals surface area contributed by atoms with Gasteiger partial charge in [0.25, 0.3) is 0 Å². The van der Waals surface area contributed by atoms with Crippen molar-refractivity contribution < 1.29 is 4.74 Å². The minimum absolute atomic E-state index is 0.226. The van der Waals surface area contributed by atoms with Gasteiger partial charge in [0, 0.05) is 56.3 Å². The first-order chi connectivity index (χ1) is 12.4. The van der Waals surface area contributed by atoms with E-state index >= 15 is 0 Å². The molecule has 0 radical (unpaired) electrons. The van der Waals surface area contributed by atoms with Crippen LogP contribution < -0.4 is 9.64 Å². The van der Waals surface area contributed by atoms with Gasteiger partial charge in [0.1, 0.15) is 11.9 Å².